The van der Waals surface area contributed by atoms with Crippen LogP contribution < -0.4 is 20.7 Å². The molecule has 8 nitrogen and oxygen atoms in total. The molecule has 1 aromatic heterocycles. The fraction of sp³-hybridized carbons (Fsp3) is 0.400. The molecule has 0 spiro atoms. The van der Waals surface area contributed by atoms with Gasteiger partial charge in [-0.05, 0) is 55.2 Å². The molecule has 1 atom stereocenters. The topological polar surface area (TPSA) is 82.8 Å². The zero-order valence-corrected chi connectivity index (χ0v) is 20.7. The standard InChI is InChI=1S/C25H26BrN3O5/c1-33-21-8-3-15(11-22(21)34-2)13-28-24(31)19-12-17(26)6-7-20(19)29(25(28)32)18-9-10-27(14-18)23(30)16-4-5-16/h3,6-8,11-12,16,18H,4-5,9-10,13-14H2,1-2H3. The van der Waals surface area contributed by atoms with Crippen LogP contribution in [0.4, 0.5) is 0 Å². The predicted octanol–water partition coefficient (Wildman–Crippen LogP) is 3.17. The summed E-state index contributed by atoms with van der Waals surface area (Å²) in [6.45, 7) is 1.20. The van der Waals surface area contributed by atoms with Gasteiger partial charge in [0.15, 0.2) is 11.5 Å². The third-order valence-electron chi connectivity index (χ3n) is 6.69. The third kappa shape index (κ3) is 4.02. The summed E-state index contributed by atoms with van der Waals surface area (Å²) >= 11 is 3.45. The number of aromatic nitrogens is 2. The smallest absolute Gasteiger partial charge is 0.332 e. The number of carbonyl (C=O) groups is 1. The van der Waals surface area contributed by atoms with Crippen molar-refractivity contribution in [1.82, 2.24) is 14.0 Å². The van der Waals surface area contributed by atoms with E-state index >= 15 is 0 Å². The molecule has 2 fully saturated rings. The Bertz CT molecular complexity index is 1390. The van der Waals surface area contributed by atoms with Crippen molar-refractivity contribution in [3.8, 4) is 11.5 Å². The highest BCUT2D eigenvalue weighted by Gasteiger charge is 2.37. The van der Waals surface area contributed by atoms with E-state index in [1.54, 1.807) is 43.1 Å². The number of amides is 1. The van der Waals surface area contributed by atoms with Gasteiger partial charge in [0.25, 0.3) is 5.56 Å². The van der Waals surface area contributed by atoms with Gasteiger partial charge >= 0.3 is 5.69 Å². The van der Waals surface area contributed by atoms with Crippen LogP contribution in [0.5, 0.6) is 11.5 Å². The normalized spacial score (nSPS) is 17.9. The van der Waals surface area contributed by atoms with Gasteiger partial charge in [0, 0.05) is 23.5 Å². The fourth-order valence-electron chi connectivity index (χ4n) is 4.75. The molecule has 1 unspecified atom stereocenters. The number of hydrogen-bond donors (Lipinski definition) is 0. The van der Waals surface area contributed by atoms with E-state index in [2.05, 4.69) is 15.9 Å². The number of hydrogen-bond acceptors (Lipinski definition) is 5. The quantitative estimate of drug-likeness (QED) is 0.491. The molecule has 1 saturated heterocycles. The molecule has 1 aliphatic heterocycles. The van der Waals surface area contributed by atoms with Crippen LogP contribution in [0.3, 0.4) is 0 Å². The zero-order chi connectivity index (χ0) is 24.0. The van der Waals surface area contributed by atoms with Crippen molar-refractivity contribution in [1.29, 1.82) is 0 Å². The first-order chi connectivity index (χ1) is 16.4. The lowest BCUT2D eigenvalue weighted by Gasteiger charge is -2.21. The molecule has 2 aromatic carbocycles. The predicted molar refractivity (Wildman–Crippen MR) is 132 cm³/mol. The second-order valence-electron chi connectivity index (χ2n) is 8.90. The lowest BCUT2D eigenvalue weighted by atomic mass is 10.1. The van der Waals surface area contributed by atoms with Crippen LogP contribution in [0.25, 0.3) is 10.9 Å². The van der Waals surface area contributed by atoms with E-state index in [9.17, 15) is 14.4 Å². The Kier molecular flexibility index (Phi) is 5.97. The summed E-state index contributed by atoms with van der Waals surface area (Å²) in [6, 6.07) is 10.5. The van der Waals surface area contributed by atoms with Crippen molar-refractivity contribution >= 4 is 32.7 Å². The van der Waals surface area contributed by atoms with Gasteiger partial charge < -0.3 is 14.4 Å². The number of rotatable bonds is 6. The molecule has 0 radical (unpaired) electrons. The lowest BCUT2D eigenvalue weighted by Crippen LogP contribution is -2.42. The Morgan fingerprint density at radius 1 is 1.03 bits per heavy atom. The minimum atomic E-state index is -0.375. The Morgan fingerprint density at radius 3 is 2.50 bits per heavy atom. The average Bonchev–Trinajstić information content (AvgIpc) is 3.59. The van der Waals surface area contributed by atoms with Crippen molar-refractivity contribution in [2.75, 3.05) is 27.3 Å². The molecule has 0 bridgehead atoms. The van der Waals surface area contributed by atoms with E-state index in [1.165, 1.54) is 4.57 Å². The number of fused-ring (bicyclic) bond motifs is 1. The van der Waals surface area contributed by atoms with Gasteiger partial charge in [-0.1, -0.05) is 22.0 Å². The highest BCUT2D eigenvalue weighted by atomic mass is 79.9. The van der Waals surface area contributed by atoms with Gasteiger partial charge in [0.1, 0.15) is 0 Å². The molecule has 1 saturated carbocycles. The first kappa shape index (κ1) is 22.7. The second-order valence-corrected chi connectivity index (χ2v) is 9.81. The van der Waals surface area contributed by atoms with Crippen LogP contribution >= 0.6 is 15.9 Å². The zero-order valence-electron chi connectivity index (χ0n) is 19.1. The Balaban J connectivity index is 1.60. The van der Waals surface area contributed by atoms with Gasteiger partial charge in [-0.3, -0.25) is 18.7 Å². The van der Waals surface area contributed by atoms with Gasteiger partial charge in [0.05, 0.1) is 37.7 Å². The fourth-order valence-corrected chi connectivity index (χ4v) is 5.11. The Labute approximate surface area is 204 Å². The third-order valence-corrected chi connectivity index (χ3v) is 7.18. The number of likely N-dealkylation sites (tertiary alicyclic amines) is 1. The lowest BCUT2D eigenvalue weighted by molar-refractivity contribution is -0.131. The minimum absolute atomic E-state index is 0.0952. The summed E-state index contributed by atoms with van der Waals surface area (Å²) in [5.74, 6) is 1.43. The minimum Gasteiger partial charge on any atom is -0.493 e. The molecule has 5 rings (SSSR count). The van der Waals surface area contributed by atoms with Crippen LogP contribution in [-0.4, -0.2) is 47.3 Å². The molecular weight excluding hydrogens is 502 g/mol. The monoisotopic (exact) mass is 527 g/mol. The Morgan fingerprint density at radius 2 is 1.79 bits per heavy atom. The first-order valence-electron chi connectivity index (χ1n) is 11.4. The van der Waals surface area contributed by atoms with Gasteiger partial charge in [-0.25, -0.2) is 4.79 Å². The number of methoxy groups -OCH3 is 2. The molecule has 3 aromatic rings. The summed E-state index contributed by atoms with van der Waals surface area (Å²) in [5.41, 5.74) is 0.610. The van der Waals surface area contributed by atoms with Gasteiger partial charge in [0.2, 0.25) is 5.91 Å². The van der Waals surface area contributed by atoms with Gasteiger partial charge in [-0.15, -0.1) is 0 Å². The van der Waals surface area contributed by atoms with E-state index < -0.39 is 0 Å². The number of ether oxygens (including phenoxy) is 2. The molecule has 1 amide bonds. The van der Waals surface area contributed by atoms with Gasteiger partial charge in [-0.2, -0.15) is 0 Å². The molecule has 0 N–H and O–H groups in total. The van der Waals surface area contributed by atoms with Crippen molar-refractivity contribution in [3.05, 3.63) is 67.3 Å². The van der Waals surface area contributed by atoms with Crippen LogP contribution in [0.1, 0.15) is 30.9 Å². The molecule has 9 heteroatoms. The maximum atomic E-state index is 13.7. The number of carbonyl (C=O) groups excluding carboxylic acids is 1. The summed E-state index contributed by atoms with van der Waals surface area (Å²) < 4.78 is 14.4. The highest BCUT2D eigenvalue weighted by molar-refractivity contribution is 9.10. The number of benzene rings is 2. The number of halogens is 1. The summed E-state index contributed by atoms with van der Waals surface area (Å²) in [4.78, 5) is 41.6. The van der Waals surface area contributed by atoms with Crippen molar-refractivity contribution in [2.24, 2.45) is 5.92 Å². The number of nitrogens with zero attached hydrogens (tertiary/aromatic N) is 3. The highest BCUT2D eigenvalue weighted by Crippen LogP contribution is 2.34. The maximum Gasteiger partial charge on any atom is 0.332 e. The molecule has 178 valence electrons. The van der Waals surface area contributed by atoms with Crippen LogP contribution in [0.15, 0.2) is 50.5 Å². The maximum absolute atomic E-state index is 13.7. The van der Waals surface area contributed by atoms with E-state index in [1.807, 2.05) is 17.0 Å². The molecular formula is C25H26BrN3O5. The van der Waals surface area contributed by atoms with Crippen molar-refractivity contribution < 1.29 is 14.3 Å². The molecule has 2 heterocycles. The average molecular weight is 528 g/mol. The summed E-state index contributed by atoms with van der Waals surface area (Å²) in [7, 11) is 3.10. The second kappa shape index (κ2) is 8.94. The van der Waals surface area contributed by atoms with E-state index in [0.29, 0.717) is 41.9 Å². The first-order valence-corrected chi connectivity index (χ1v) is 12.1. The van der Waals surface area contributed by atoms with Crippen LogP contribution in [0.2, 0.25) is 0 Å². The van der Waals surface area contributed by atoms with Crippen molar-refractivity contribution in [2.45, 2.75) is 31.8 Å². The van der Waals surface area contributed by atoms with E-state index in [0.717, 1.165) is 22.9 Å². The van der Waals surface area contributed by atoms with Crippen LogP contribution in [-0.2, 0) is 11.3 Å². The molecule has 1 aliphatic carbocycles. The molecule has 2 aliphatic rings. The molecule has 34 heavy (non-hydrogen) atoms. The Hall–Kier alpha value is -3.07. The summed E-state index contributed by atoms with van der Waals surface area (Å²) in [5, 5.41) is 0.460. The van der Waals surface area contributed by atoms with E-state index in [-0.39, 0.29) is 35.7 Å². The summed E-state index contributed by atoms with van der Waals surface area (Å²) in [6.07, 6.45) is 2.58. The SMILES string of the molecule is COc1ccc(Cn2c(=O)c3cc(Br)ccc3n(C3CCN(C(=O)C4CC4)C3)c2=O)cc1OC. The van der Waals surface area contributed by atoms with Crippen molar-refractivity contribution in [3.63, 3.8) is 0 Å². The van der Waals surface area contributed by atoms with E-state index in [4.69, 9.17) is 9.47 Å². The largest absolute Gasteiger partial charge is 0.493 e. The van der Waals surface area contributed by atoms with Crippen LogP contribution in [0, 0.1) is 5.92 Å².